The van der Waals surface area contributed by atoms with Gasteiger partial charge in [-0.05, 0) is 66.2 Å². The Morgan fingerprint density at radius 3 is 1.65 bits per heavy atom. The third kappa shape index (κ3) is 25.3. The number of likely N-dealkylation sites (N-methyl/N-ethyl adjacent to an activating group) is 1. The van der Waals surface area contributed by atoms with E-state index in [2.05, 4.69) is 52.5 Å². The molecule has 0 saturated heterocycles. The van der Waals surface area contributed by atoms with E-state index in [1.165, 1.54) is 43.1 Å². The highest BCUT2D eigenvalue weighted by atomic mass is 32.2. The fourth-order valence-electron chi connectivity index (χ4n) is 8.75. The van der Waals surface area contributed by atoms with Gasteiger partial charge in [0.25, 0.3) is 0 Å². The summed E-state index contributed by atoms with van der Waals surface area (Å²) in [7, 11) is 1.35. The molecule has 1 unspecified atom stereocenters. The molecular weight excluding hydrogens is 1150 g/mol. The van der Waals surface area contributed by atoms with Gasteiger partial charge in [-0.25, -0.2) is 4.98 Å². The number of amides is 10. The fraction of sp³-hybridized carbons (Fsp3) is 0.526. The molecule has 15 N–H and O–H groups in total. The number of hydrogen-bond acceptors (Lipinski definition) is 16. The van der Waals surface area contributed by atoms with Crippen LogP contribution in [0, 0.1) is 11.8 Å². The molecule has 10 atom stereocenters. The lowest BCUT2D eigenvalue weighted by atomic mass is 9.96. The molecule has 10 amide bonds. The van der Waals surface area contributed by atoms with Crippen molar-refractivity contribution >= 4 is 94.5 Å². The first-order valence-corrected chi connectivity index (χ1v) is 30.7. The summed E-state index contributed by atoms with van der Waals surface area (Å²) < 4.78 is 0. The lowest BCUT2D eigenvalue weighted by Gasteiger charge is -2.33. The molecule has 0 aliphatic carbocycles. The van der Waals surface area contributed by atoms with E-state index in [0.29, 0.717) is 28.3 Å². The summed E-state index contributed by atoms with van der Waals surface area (Å²) in [4.78, 5) is 170. The Morgan fingerprint density at radius 1 is 0.605 bits per heavy atom. The Labute approximate surface area is 508 Å². The van der Waals surface area contributed by atoms with E-state index >= 15 is 0 Å². The molecule has 2 aromatic carbocycles. The van der Waals surface area contributed by atoms with Crippen molar-refractivity contribution in [3.05, 3.63) is 90.0 Å². The number of aromatic amines is 1. The first-order valence-electron chi connectivity index (χ1n) is 28.0. The Bertz CT molecular complexity index is 2750. The summed E-state index contributed by atoms with van der Waals surface area (Å²) >= 11 is 2.78. The first kappa shape index (κ1) is 72.2. The van der Waals surface area contributed by atoms with Crippen LogP contribution in [0.5, 0.6) is 0 Å². The lowest BCUT2D eigenvalue weighted by molar-refractivity contribution is -0.143. The molecule has 1 heterocycles. The Morgan fingerprint density at radius 2 is 1.12 bits per heavy atom. The molecule has 472 valence electrons. The lowest BCUT2D eigenvalue weighted by Crippen LogP contribution is -2.61. The molecule has 0 fully saturated rings. The van der Waals surface area contributed by atoms with E-state index in [0.717, 1.165) is 4.90 Å². The summed E-state index contributed by atoms with van der Waals surface area (Å²) in [6.45, 7) is 6.37. The van der Waals surface area contributed by atoms with Crippen molar-refractivity contribution in [2.75, 3.05) is 37.6 Å². The van der Waals surface area contributed by atoms with Crippen LogP contribution in [0.25, 0.3) is 0 Å². The van der Waals surface area contributed by atoms with Gasteiger partial charge in [-0.1, -0.05) is 94.8 Å². The van der Waals surface area contributed by atoms with Crippen molar-refractivity contribution in [3.8, 4) is 0 Å². The number of carbonyl (C=O) groups excluding carboxylic acids is 10. The predicted molar refractivity (Wildman–Crippen MR) is 322 cm³/mol. The van der Waals surface area contributed by atoms with Crippen molar-refractivity contribution in [1.82, 2.24) is 57.4 Å². The van der Waals surface area contributed by atoms with Crippen LogP contribution in [0.3, 0.4) is 0 Å². The number of carboxylic acid groups (broad SMARTS) is 2. The summed E-state index contributed by atoms with van der Waals surface area (Å²) in [6, 6.07) is 4.68. The second kappa shape index (κ2) is 37.4. The molecule has 27 nitrogen and oxygen atoms in total. The molecule has 0 bridgehead atoms. The van der Waals surface area contributed by atoms with Crippen LogP contribution in [0.2, 0.25) is 0 Å². The third-order valence-corrected chi connectivity index (χ3v) is 15.0. The number of nitrogens with one attached hydrogen (secondary N) is 9. The van der Waals surface area contributed by atoms with Crippen molar-refractivity contribution < 1.29 is 67.7 Å². The number of H-pyrrole nitrogens is 1. The molecule has 0 aliphatic heterocycles. The number of nitrogens with two attached hydrogens (primary N) is 2. The average molecular weight is 1240 g/mol. The Hall–Kier alpha value is -8.05. The zero-order valence-electron chi connectivity index (χ0n) is 49.4. The number of nitrogens with zero attached hydrogens (tertiary/aromatic N) is 2. The monoisotopic (exact) mass is 1240 g/mol. The minimum Gasteiger partial charge on any atom is -0.481 e. The predicted octanol–water partition coefficient (Wildman–Crippen LogP) is -0.865. The number of carboxylic acids is 2. The smallest absolute Gasteiger partial charge is 0.305 e. The largest absolute Gasteiger partial charge is 0.481 e. The van der Waals surface area contributed by atoms with E-state index < -0.39 is 151 Å². The van der Waals surface area contributed by atoms with Crippen molar-refractivity contribution in [2.24, 2.45) is 23.3 Å². The standard InChI is InChI=1S/C57H83N13O14S2/c1-8-33(4)48(69-54(81)42(28-47(74)75)67-53(80)41(26-36-29-60-31-62-36)66-51(78)39(20-22-86-7)65-50(77)37(58)27-46(72)73)56(83)68-43(24-34-15-11-9-12-16-34)57(84)70(5)44(25-35-17-13-10-14-18-35)55(82)61-30-45(71)63-40(23-32(2)3)52(79)64-38(49(59)76)19-21-85-6/h9-18,29,31-33,37-44,48H,8,19-28,30,58H2,1-7H3,(H2,59,76)(H,60,62)(H,61,82)(H,63,71)(H,64,79)(H,65,77)(H,66,78)(H,67,80)(H,68,83)(H,69,81)(H,72,73)(H,74,75)/t33?,37-,38-,39-,40-,41-,42-,43-,44-,48-/m0/s1. The number of carbonyl (C=O) groups is 12. The minimum absolute atomic E-state index is 0.0168. The molecule has 0 saturated carbocycles. The number of imidazole rings is 1. The summed E-state index contributed by atoms with van der Waals surface area (Å²) in [5.74, 6) is -11.4. The van der Waals surface area contributed by atoms with Gasteiger partial charge in [0.2, 0.25) is 59.1 Å². The van der Waals surface area contributed by atoms with Crippen LogP contribution in [-0.4, -0.2) is 188 Å². The molecule has 3 rings (SSSR count). The second-order valence-corrected chi connectivity index (χ2v) is 23.0. The van der Waals surface area contributed by atoms with Gasteiger partial charge in [-0.3, -0.25) is 57.5 Å². The highest BCUT2D eigenvalue weighted by Gasteiger charge is 2.38. The van der Waals surface area contributed by atoms with Gasteiger partial charge < -0.3 is 74.1 Å². The maximum absolute atomic E-state index is 15.0. The highest BCUT2D eigenvalue weighted by Crippen LogP contribution is 2.16. The number of benzene rings is 2. The molecule has 3 aromatic rings. The van der Waals surface area contributed by atoms with E-state index in [1.807, 2.05) is 20.1 Å². The van der Waals surface area contributed by atoms with E-state index in [-0.39, 0.29) is 50.9 Å². The maximum atomic E-state index is 15.0. The number of aliphatic carboxylic acids is 2. The molecule has 29 heteroatoms. The molecule has 0 aliphatic rings. The van der Waals surface area contributed by atoms with Gasteiger partial charge in [0.15, 0.2) is 0 Å². The zero-order valence-corrected chi connectivity index (χ0v) is 51.1. The molecule has 0 radical (unpaired) electrons. The third-order valence-electron chi connectivity index (χ3n) is 13.7. The van der Waals surface area contributed by atoms with Gasteiger partial charge in [-0.15, -0.1) is 0 Å². The van der Waals surface area contributed by atoms with Crippen molar-refractivity contribution in [2.45, 2.75) is 140 Å². The van der Waals surface area contributed by atoms with Crippen LogP contribution in [-0.2, 0) is 76.8 Å². The Balaban J connectivity index is 1.96. The first-order chi connectivity index (χ1) is 40.8. The quantitative estimate of drug-likeness (QED) is 0.0330. The van der Waals surface area contributed by atoms with Crippen LogP contribution in [0.1, 0.15) is 83.0 Å². The normalized spacial score (nSPS) is 14.6. The average Bonchev–Trinajstić information content (AvgIpc) is 2.53. The highest BCUT2D eigenvalue weighted by molar-refractivity contribution is 7.98. The van der Waals surface area contributed by atoms with Crippen LogP contribution in [0.15, 0.2) is 73.2 Å². The molecular formula is C57H83N13O14S2. The fourth-order valence-corrected chi connectivity index (χ4v) is 9.70. The summed E-state index contributed by atoms with van der Waals surface area (Å²) in [5.41, 5.74) is 12.8. The SMILES string of the molecule is CCC(C)[C@H](NC(=O)[C@H](CC(=O)O)NC(=O)[C@H](Cc1cnc[nH]1)NC(=O)[C@H](CCSC)NC(=O)[C@@H](N)CC(=O)O)C(=O)N[C@@H](Cc1ccccc1)C(=O)N(C)[C@@H](Cc1ccccc1)C(=O)NCC(=O)N[C@@H](CC(C)C)C(=O)N[C@@H](CCSC)C(N)=O. The topological polar surface area (TPSA) is 425 Å². The molecule has 86 heavy (non-hydrogen) atoms. The Kier molecular flexibility index (Phi) is 31.4. The number of thioether (sulfide) groups is 2. The number of primary amides is 1. The minimum atomic E-state index is -1.88. The van der Waals surface area contributed by atoms with Crippen molar-refractivity contribution in [3.63, 3.8) is 0 Å². The van der Waals surface area contributed by atoms with Crippen LogP contribution >= 0.6 is 23.5 Å². The molecule has 1 aromatic heterocycles. The van der Waals surface area contributed by atoms with E-state index in [9.17, 15) is 62.6 Å². The van der Waals surface area contributed by atoms with Crippen LogP contribution < -0.4 is 54.0 Å². The molecule has 0 spiro atoms. The van der Waals surface area contributed by atoms with Gasteiger partial charge in [-0.2, -0.15) is 23.5 Å². The van der Waals surface area contributed by atoms with Gasteiger partial charge in [0.1, 0.15) is 48.3 Å². The van der Waals surface area contributed by atoms with Gasteiger partial charge >= 0.3 is 11.9 Å². The van der Waals surface area contributed by atoms with E-state index in [4.69, 9.17) is 16.6 Å². The number of rotatable bonds is 39. The zero-order chi connectivity index (χ0) is 64.0. The number of hydrogen-bond donors (Lipinski definition) is 13. The van der Waals surface area contributed by atoms with Gasteiger partial charge in [0.05, 0.1) is 31.8 Å². The van der Waals surface area contributed by atoms with E-state index in [1.54, 1.807) is 80.8 Å². The number of aromatic nitrogens is 2. The maximum Gasteiger partial charge on any atom is 0.305 e. The van der Waals surface area contributed by atoms with Crippen molar-refractivity contribution in [1.29, 1.82) is 0 Å². The summed E-state index contributed by atoms with van der Waals surface area (Å²) in [5, 5.41) is 39.7. The summed E-state index contributed by atoms with van der Waals surface area (Å²) in [6.07, 6.45) is 4.69. The van der Waals surface area contributed by atoms with Gasteiger partial charge in [0, 0.05) is 38.2 Å². The second-order valence-electron chi connectivity index (χ2n) is 21.0. The van der Waals surface area contributed by atoms with Crippen LogP contribution in [0.4, 0.5) is 0 Å².